The van der Waals surface area contributed by atoms with Gasteiger partial charge < -0.3 is 4.42 Å². The summed E-state index contributed by atoms with van der Waals surface area (Å²) in [5.74, 6) is -1.04. The number of halogens is 2. The van der Waals surface area contributed by atoms with Crippen molar-refractivity contribution in [3.63, 3.8) is 0 Å². The van der Waals surface area contributed by atoms with Gasteiger partial charge in [-0.1, -0.05) is 30.3 Å². The zero-order valence-electron chi connectivity index (χ0n) is 10.5. The lowest BCUT2D eigenvalue weighted by atomic mass is 9.98. The van der Waals surface area contributed by atoms with E-state index in [0.717, 1.165) is 16.7 Å². The standard InChI is InChI=1S/C17H10F2O/c18-14-6-5-11-9-10-3-1-2-4-12(10)17-13(7-8-20-17)15(11)16(14)19/h1-8H,9H2. The molecule has 0 saturated heterocycles. The average Bonchev–Trinajstić information content (AvgIpc) is 2.88. The Bertz CT molecular complexity index is 818. The van der Waals surface area contributed by atoms with Crippen LogP contribution in [0.5, 0.6) is 0 Å². The van der Waals surface area contributed by atoms with Crippen LogP contribution in [0.2, 0.25) is 0 Å². The molecule has 98 valence electrons. The largest absolute Gasteiger partial charge is 0.464 e. The highest BCUT2D eigenvalue weighted by Crippen LogP contribution is 2.42. The van der Waals surface area contributed by atoms with Gasteiger partial charge in [0, 0.05) is 16.7 Å². The second-order valence-corrected chi connectivity index (χ2v) is 4.89. The quantitative estimate of drug-likeness (QED) is 0.446. The van der Waals surface area contributed by atoms with Crippen molar-refractivity contribution in [3.05, 3.63) is 71.5 Å². The first-order chi connectivity index (χ1) is 9.75. The maximum absolute atomic E-state index is 14.2. The Morgan fingerprint density at radius 2 is 1.70 bits per heavy atom. The van der Waals surface area contributed by atoms with Crippen LogP contribution in [0.3, 0.4) is 0 Å². The summed E-state index contributed by atoms with van der Waals surface area (Å²) in [5.41, 5.74) is 3.68. The Hall–Kier alpha value is -2.42. The Morgan fingerprint density at radius 1 is 0.850 bits per heavy atom. The summed E-state index contributed by atoms with van der Waals surface area (Å²) in [6, 6.07) is 12.3. The minimum Gasteiger partial charge on any atom is -0.464 e. The van der Waals surface area contributed by atoms with E-state index in [1.54, 1.807) is 12.1 Å². The molecule has 0 bridgehead atoms. The lowest BCUT2D eigenvalue weighted by molar-refractivity contribution is 0.510. The Labute approximate surface area is 114 Å². The molecule has 0 atom stereocenters. The van der Waals surface area contributed by atoms with Crippen LogP contribution in [0.1, 0.15) is 11.1 Å². The molecule has 4 rings (SSSR count). The van der Waals surface area contributed by atoms with E-state index in [9.17, 15) is 8.78 Å². The fraction of sp³-hybridized carbons (Fsp3) is 0.0588. The first kappa shape index (κ1) is 11.4. The molecule has 1 aliphatic carbocycles. The predicted octanol–water partition coefficient (Wildman–Crippen LogP) is 4.80. The summed E-state index contributed by atoms with van der Waals surface area (Å²) in [6.07, 6.45) is 2.08. The normalized spacial score (nSPS) is 12.3. The summed E-state index contributed by atoms with van der Waals surface area (Å²) in [5, 5.41) is 0. The Morgan fingerprint density at radius 3 is 2.60 bits per heavy atom. The second kappa shape index (κ2) is 4.04. The molecule has 1 heterocycles. The number of fused-ring (bicyclic) bond motifs is 5. The number of hydrogen-bond acceptors (Lipinski definition) is 1. The van der Waals surface area contributed by atoms with Gasteiger partial charge in [0.05, 0.1) is 6.26 Å². The smallest absolute Gasteiger partial charge is 0.167 e. The van der Waals surface area contributed by atoms with E-state index < -0.39 is 11.6 Å². The number of benzene rings is 2. The second-order valence-electron chi connectivity index (χ2n) is 4.89. The summed E-state index contributed by atoms with van der Waals surface area (Å²) in [6.45, 7) is 0. The van der Waals surface area contributed by atoms with Crippen molar-refractivity contribution in [1.29, 1.82) is 0 Å². The van der Waals surface area contributed by atoms with E-state index in [1.165, 1.54) is 12.3 Å². The summed E-state index contributed by atoms with van der Waals surface area (Å²) in [7, 11) is 0. The van der Waals surface area contributed by atoms with E-state index in [1.807, 2.05) is 24.3 Å². The van der Waals surface area contributed by atoms with Gasteiger partial charge in [-0.25, -0.2) is 8.78 Å². The molecular formula is C17H10F2O. The molecular weight excluding hydrogens is 258 g/mol. The van der Waals surface area contributed by atoms with Gasteiger partial charge in [0.25, 0.3) is 0 Å². The molecule has 20 heavy (non-hydrogen) atoms. The third-order valence-corrected chi connectivity index (χ3v) is 3.76. The van der Waals surface area contributed by atoms with Gasteiger partial charge in [-0.15, -0.1) is 0 Å². The molecule has 0 unspecified atom stereocenters. The fourth-order valence-electron chi connectivity index (χ4n) is 2.85. The lowest BCUT2D eigenvalue weighted by Gasteiger charge is -2.07. The third-order valence-electron chi connectivity index (χ3n) is 3.76. The van der Waals surface area contributed by atoms with E-state index in [2.05, 4.69) is 0 Å². The summed E-state index contributed by atoms with van der Waals surface area (Å²) >= 11 is 0. The van der Waals surface area contributed by atoms with Crippen LogP contribution < -0.4 is 0 Å². The van der Waals surface area contributed by atoms with Gasteiger partial charge in [-0.2, -0.15) is 0 Å². The molecule has 3 aromatic rings. The molecule has 0 N–H and O–H groups in total. The molecule has 2 aromatic carbocycles. The zero-order valence-corrected chi connectivity index (χ0v) is 10.5. The Kier molecular flexibility index (Phi) is 2.30. The first-order valence-electron chi connectivity index (χ1n) is 6.38. The van der Waals surface area contributed by atoms with Crippen molar-refractivity contribution >= 4 is 0 Å². The van der Waals surface area contributed by atoms with Gasteiger partial charge in [-0.3, -0.25) is 0 Å². The monoisotopic (exact) mass is 268 g/mol. The number of hydrogen-bond donors (Lipinski definition) is 0. The first-order valence-corrected chi connectivity index (χ1v) is 6.38. The molecule has 0 radical (unpaired) electrons. The summed E-state index contributed by atoms with van der Waals surface area (Å²) < 4.78 is 33.3. The van der Waals surface area contributed by atoms with Crippen LogP contribution in [0.25, 0.3) is 22.5 Å². The van der Waals surface area contributed by atoms with Crippen LogP contribution in [0, 0.1) is 11.6 Å². The van der Waals surface area contributed by atoms with Gasteiger partial charge in [-0.05, 0) is 29.7 Å². The van der Waals surface area contributed by atoms with E-state index in [0.29, 0.717) is 23.3 Å². The number of rotatable bonds is 0. The van der Waals surface area contributed by atoms with Gasteiger partial charge in [0.1, 0.15) is 5.76 Å². The molecule has 0 spiro atoms. The van der Waals surface area contributed by atoms with E-state index >= 15 is 0 Å². The van der Waals surface area contributed by atoms with Crippen LogP contribution in [0.4, 0.5) is 8.78 Å². The maximum atomic E-state index is 14.2. The van der Waals surface area contributed by atoms with Crippen LogP contribution in [0.15, 0.2) is 53.1 Å². The Balaban J connectivity index is 2.13. The van der Waals surface area contributed by atoms with Crippen LogP contribution >= 0.6 is 0 Å². The molecule has 3 heteroatoms. The maximum Gasteiger partial charge on any atom is 0.167 e. The highest BCUT2D eigenvalue weighted by Gasteiger charge is 2.25. The summed E-state index contributed by atoms with van der Waals surface area (Å²) in [4.78, 5) is 0. The van der Waals surface area contributed by atoms with Crippen LogP contribution in [-0.4, -0.2) is 0 Å². The van der Waals surface area contributed by atoms with Crippen molar-refractivity contribution < 1.29 is 13.2 Å². The van der Waals surface area contributed by atoms with E-state index in [-0.39, 0.29) is 0 Å². The van der Waals surface area contributed by atoms with Crippen molar-refractivity contribution in [2.24, 2.45) is 0 Å². The highest BCUT2D eigenvalue weighted by molar-refractivity contribution is 5.85. The predicted molar refractivity (Wildman–Crippen MR) is 72.3 cm³/mol. The number of furan rings is 1. The third kappa shape index (κ3) is 1.46. The van der Waals surface area contributed by atoms with E-state index in [4.69, 9.17) is 4.42 Å². The molecule has 0 saturated carbocycles. The van der Waals surface area contributed by atoms with Gasteiger partial charge >= 0.3 is 0 Å². The molecule has 1 aliphatic rings. The molecule has 0 amide bonds. The average molecular weight is 268 g/mol. The van der Waals surface area contributed by atoms with Crippen molar-refractivity contribution in [2.75, 3.05) is 0 Å². The minimum absolute atomic E-state index is 0.310. The lowest BCUT2D eigenvalue weighted by Crippen LogP contribution is -1.96. The molecule has 1 nitrogen and oxygen atoms in total. The van der Waals surface area contributed by atoms with Crippen LogP contribution in [-0.2, 0) is 6.42 Å². The van der Waals surface area contributed by atoms with Crippen molar-refractivity contribution in [1.82, 2.24) is 0 Å². The minimum atomic E-state index is -0.832. The SMILES string of the molecule is Fc1ccc2c(c1F)-c1ccoc1-c1ccccc1C2. The topological polar surface area (TPSA) is 13.1 Å². The zero-order chi connectivity index (χ0) is 13.7. The molecule has 1 aromatic heterocycles. The van der Waals surface area contributed by atoms with Gasteiger partial charge in [0.2, 0.25) is 0 Å². The van der Waals surface area contributed by atoms with Gasteiger partial charge in [0.15, 0.2) is 11.6 Å². The fourth-order valence-corrected chi connectivity index (χ4v) is 2.85. The van der Waals surface area contributed by atoms with Crippen molar-refractivity contribution in [3.8, 4) is 22.5 Å². The molecule has 0 aliphatic heterocycles. The highest BCUT2D eigenvalue weighted by atomic mass is 19.2. The molecule has 0 fully saturated rings. The van der Waals surface area contributed by atoms with Crippen molar-refractivity contribution in [2.45, 2.75) is 6.42 Å².